The van der Waals surface area contributed by atoms with E-state index in [9.17, 15) is 14.4 Å². The van der Waals surface area contributed by atoms with Crippen LogP contribution in [0.2, 0.25) is 0 Å². The zero-order chi connectivity index (χ0) is 19.4. The molecule has 138 valence electrons. The first kappa shape index (κ1) is 18.3. The normalized spacial score (nSPS) is 10.6. The molecule has 3 aromatic rings. The van der Waals surface area contributed by atoms with Gasteiger partial charge in [-0.15, -0.1) is 0 Å². The van der Waals surface area contributed by atoms with Gasteiger partial charge in [-0.2, -0.15) is 0 Å². The Morgan fingerprint density at radius 2 is 1.74 bits per heavy atom. The van der Waals surface area contributed by atoms with E-state index in [-0.39, 0.29) is 12.2 Å². The quantitative estimate of drug-likeness (QED) is 0.419. The highest BCUT2D eigenvalue weighted by Crippen LogP contribution is 2.18. The van der Waals surface area contributed by atoms with Crippen molar-refractivity contribution in [2.24, 2.45) is 5.73 Å². The molecule has 0 aliphatic heterocycles. The minimum absolute atomic E-state index is 0.0810. The zero-order valence-corrected chi connectivity index (χ0v) is 14.6. The smallest absolute Gasteiger partial charge is 0.351 e. The van der Waals surface area contributed by atoms with E-state index in [4.69, 9.17) is 19.6 Å². The van der Waals surface area contributed by atoms with Gasteiger partial charge >= 0.3 is 17.6 Å². The second-order valence-electron chi connectivity index (χ2n) is 5.84. The molecule has 0 amide bonds. The molecule has 3 rings (SSSR count). The Kier molecular flexibility index (Phi) is 5.33. The summed E-state index contributed by atoms with van der Waals surface area (Å²) in [7, 11) is 0. The third-order valence-electron chi connectivity index (χ3n) is 3.83. The number of carbonyl (C=O) groups is 2. The topological polar surface area (TPSA) is 109 Å². The summed E-state index contributed by atoms with van der Waals surface area (Å²) in [6, 6.07) is 13.0. The van der Waals surface area contributed by atoms with Gasteiger partial charge in [-0.1, -0.05) is 18.2 Å². The number of nitrogens with two attached hydrogens (primary N) is 1. The number of rotatable bonds is 5. The van der Waals surface area contributed by atoms with E-state index in [0.717, 1.165) is 5.56 Å². The number of ether oxygens (including phenoxy) is 2. The molecule has 0 spiro atoms. The van der Waals surface area contributed by atoms with Crippen molar-refractivity contribution in [3.63, 3.8) is 0 Å². The Morgan fingerprint density at radius 1 is 1.04 bits per heavy atom. The monoisotopic (exact) mass is 367 g/mol. The van der Waals surface area contributed by atoms with Crippen molar-refractivity contribution >= 4 is 22.9 Å². The number of hydrogen-bond donors (Lipinski definition) is 1. The first-order chi connectivity index (χ1) is 13.0. The molecule has 0 saturated heterocycles. The predicted molar refractivity (Wildman–Crippen MR) is 97.2 cm³/mol. The second kappa shape index (κ2) is 7.84. The third-order valence-corrected chi connectivity index (χ3v) is 3.83. The van der Waals surface area contributed by atoms with Gasteiger partial charge in [0.15, 0.2) is 0 Å². The van der Waals surface area contributed by atoms with Gasteiger partial charge in [-0.3, -0.25) is 4.79 Å². The molecule has 0 fully saturated rings. The van der Waals surface area contributed by atoms with Crippen LogP contribution in [0.15, 0.2) is 57.7 Å². The Balaban J connectivity index is 1.87. The maximum atomic E-state index is 12.4. The van der Waals surface area contributed by atoms with E-state index in [2.05, 4.69) is 0 Å². The third kappa shape index (κ3) is 4.39. The van der Waals surface area contributed by atoms with Gasteiger partial charge in [-0.25, -0.2) is 9.59 Å². The summed E-state index contributed by atoms with van der Waals surface area (Å²) in [6.07, 6.45) is 0. The fourth-order valence-corrected chi connectivity index (χ4v) is 2.45. The first-order valence-electron chi connectivity index (χ1n) is 8.17. The van der Waals surface area contributed by atoms with Crippen LogP contribution < -0.4 is 16.1 Å². The standard InChI is InChI=1S/C20H17NO6/c1-12(22)25-11-14-4-7-18-15(8-14)9-17(20(24)27-18)19(23)26-16-5-2-13(10-21)3-6-16/h2-9H,10-11,21H2,1H3. The lowest BCUT2D eigenvalue weighted by atomic mass is 10.1. The van der Waals surface area contributed by atoms with Crippen LogP contribution in [0.5, 0.6) is 5.75 Å². The summed E-state index contributed by atoms with van der Waals surface area (Å²) in [5.41, 5.74) is 6.41. The van der Waals surface area contributed by atoms with Crippen molar-refractivity contribution in [1.29, 1.82) is 0 Å². The van der Waals surface area contributed by atoms with Crippen LogP contribution in [-0.4, -0.2) is 11.9 Å². The number of esters is 2. The van der Waals surface area contributed by atoms with Crippen molar-refractivity contribution in [3.05, 3.63) is 75.6 Å². The largest absolute Gasteiger partial charge is 0.461 e. The molecule has 2 N–H and O–H groups in total. The minimum atomic E-state index is -0.823. The van der Waals surface area contributed by atoms with Gasteiger partial charge in [0.2, 0.25) is 0 Å². The summed E-state index contributed by atoms with van der Waals surface area (Å²) >= 11 is 0. The highest BCUT2D eigenvalue weighted by molar-refractivity contribution is 5.94. The average Bonchev–Trinajstić information content (AvgIpc) is 2.66. The molecule has 1 aromatic heterocycles. The molecular weight excluding hydrogens is 350 g/mol. The van der Waals surface area contributed by atoms with E-state index in [1.54, 1.807) is 42.5 Å². The molecule has 2 aromatic carbocycles. The van der Waals surface area contributed by atoms with Crippen molar-refractivity contribution in [1.82, 2.24) is 0 Å². The zero-order valence-electron chi connectivity index (χ0n) is 14.6. The fraction of sp³-hybridized carbons (Fsp3) is 0.150. The van der Waals surface area contributed by atoms with E-state index in [0.29, 0.717) is 28.8 Å². The fourth-order valence-electron chi connectivity index (χ4n) is 2.45. The molecule has 0 aliphatic carbocycles. The van der Waals surface area contributed by atoms with Gasteiger partial charge in [0.1, 0.15) is 23.5 Å². The lowest BCUT2D eigenvalue weighted by Gasteiger charge is -2.06. The van der Waals surface area contributed by atoms with E-state index >= 15 is 0 Å². The van der Waals surface area contributed by atoms with Crippen molar-refractivity contribution in [3.8, 4) is 5.75 Å². The molecule has 0 radical (unpaired) electrons. The Hall–Kier alpha value is -3.45. The molecular formula is C20H17NO6. The molecule has 0 bridgehead atoms. The molecule has 27 heavy (non-hydrogen) atoms. The van der Waals surface area contributed by atoms with Crippen molar-refractivity contribution in [2.75, 3.05) is 0 Å². The number of hydrogen-bond acceptors (Lipinski definition) is 7. The number of carbonyl (C=O) groups excluding carboxylic acids is 2. The molecule has 0 unspecified atom stereocenters. The Labute approximate surface area is 154 Å². The Morgan fingerprint density at radius 3 is 2.41 bits per heavy atom. The molecule has 0 aliphatic rings. The van der Waals surface area contributed by atoms with Gasteiger partial charge < -0.3 is 19.6 Å². The number of benzene rings is 2. The van der Waals surface area contributed by atoms with Crippen LogP contribution >= 0.6 is 0 Å². The highest BCUT2D eigenvalue weighted by atomic mass is 16.5. The van der Waals surface area contributed by atoms with E-state index in [1.165, 1.54) is 13.0 Å². The van der Waals surface area contributed by atoms with Gasteiger partial charge in [0.25, 0.3) is 0 Å². The summed E-state index contributed by atoms with van der Waals surface area (Å²) < 4.78 is 15.4. The average molecular weight is 367 g/mol. The minimum Gasteiger partial charge on any atom is -0.461 e. The van der Waals surface area contributed by atoms with Crippen molar-refractivity contribution < 1.29 is 23.5 Å². The van der Waals surface area contributed by atoms with Crippen LogP contribution in [0.3, 0.4) is 0 Å². The van der Waals surface area contributed by atoms with E-state index in [1.807, 2.05) is 0 Å². The highest BCUT2D eigenvalue weighted by Gasteiger charge is 2.16. The molecule has 0 atom stereocenters. The Bertz CT molecular complexity index is 1050. The van der Waals surface area contributed by atoms with Crippen LogP contribution in [0.4, 0.5) is 0 Å². The summed E-state index contributed by atoms with van der Waals surface area (Å²) in [5.74, 6) is -0.934. The predicted octanol–water partition coefficient (Wildman–Crippen LogP) is 2.53. The van der Waals surface area contributed by atoms with Crippen LogP contribution in [0.25, 0.3) is 11.0 Å². The first-order valence-corrected chi connectivity index (χ1v) is 8.17. The maximum Gasteiger partial charge on any atom is 0.351 e. The lowest BCUT2D eigenvalue weighted by molar-refractivity contribution is -0.142. The SMILES string of the molecule is CC(=O)OCc1ccc2oc(=O)c(C(=O)Oc3ccc(CN)cc3)cc2c1. The summed E-state index contributed by atoms with van der Waals surface area (Å²) in [4.78, 5) is 35.4. The van der Waals surface area contributed by atoms with Crippen LogP contribution in [-0.2, 0) is 22.7 Å². The maximum absolute atomic E-state index is 12.4. The molecule has 1 heterocycles. The van der Waals surface area contributed by atoms with Crippen molar-refractivity contribution in [2.45, 2.75) is 20.1 Å². The lowest BCUT2D eigenvalue weighted by Crippen LogP contribution is -2.18. The molecule has 0 saturated carbocycles. The van der Waals surface area contributed by atoms with Gasteiger partial charge in [-0.05, 0) is 41.5 Å². The van der Waals surface area contributed by atoms with E-state index < -0.39 is 17.6 Å². The van der Waals surface area contributed by atoms with Crippen LogP contribution in [0.1, 0.15) is 28.4 Å². The number of fused-ring (bicyclic) bond motifs is 1. The summed E-state index contributed by atoms with van der Waals surface area (Å²) in [6.45, 7) is 1.77. The summed E-state index contributed by atoms with van der Waals surface area (Å²) in [5, 5.41) is 0.518. The van der Waals surface area contributed by atoms with Gasteiger partial charge in [0.05, 0.1) is 0 Å². The molecule has 7 heteroatoms. The van der Waals surface area contributed by atoms with Crippen LogP contribution in [0, 0.1) is 0 Å². The second-order valence-corrected chi connectivity index (χ2v) is 5.84. The van der Waals surface area contributed by atoms with Gasteiger partial charge in [0, 0.05) is 18.9 Å². The molecule has 7 nitrogen and oxygen atoms in total.